The number of ether oxygens (including phenoxy) is 1. The lowest BCUT2D eigenvalue weighted by atomic mass is 9.94. The molecule has 1 atom stereocenters. The molecule has 1 aliphatic rings. The molecule has 1 aromatic heterocycles. The van der Waals surface area contributed by atoms with E-state index in [0.717, 1.165) is 17.8 Å². The molecule has 20 heavy (non-hydrogen) atoms. The van der Waals surface area contributed by atoms with Gasteiger partial charge in [-0.15, -0.1) is 0 Å². The standard InChI is InChI=1S/C15H25N3O2/c1-3-13(16)14-5-4-12(10-17-14)18(2)11-15(19)6-8-20-9-7-15/h4-5,10,13,19H,3,6-9,11,16H2,1-2H3/t13-/m0/s1. The topological polar surface area (TPSA) is 71.6 Å². The minimum atomic E-state index is -0.661. The van der Waals surface area contributed by atoms with Gasteiger partial charge in [-0.2, -0.15) is 0 Å². The van der Waals surface area contributed by atoms with Gasteiger partial charge in [-0.05, 0) is 18.6 Å². The molecule has 0 bridgehead atoms. The Morgan fingerprint density at radius 3 is 2.70 bits per heavy atom. The molecule has 0 spiro atoms. The first kappa shape index (κ1) is 15.2. The van der Waals surface area contributed by atoms with Crippen LogP contribution in [0.4, 0.5) is 5.69 Å². The maximum atomic E-state index is 10.5. The van der Waals surface area contributed by atoms with Gasteiger partial charge in [0.05, 0.1) is 23.2 Å². The number of aromatic nitrogens is 1. The van der Waals surface area contributed by atoms with Crippen molar-refractivity contribution in [1.82, 2.24) is 4.98 Å². The smallest absolute Gasteiger partial charge is 0.0865 e. The van der Waals surface area contributed by atoms with E-state index in [1.165, 1.54) is 0 Å². The predicted octanol–water partition coefficient (Wildman–Crippen LogP) is 1.47. The van der Waals surface area contributed by atoms with Crippen LogP contribution in [0, 0.1) is 0 Å². The Bertz CT molecular complexity index is 416. The van der Waals surface area contributed by atoms with Gasteiger partial charge in [0.25, 0.3) is 0 Å². The molecule has 0 aliphatic carbocycles. The van der Waals surface area contributed by atoms with E-state index in [-0.39, 0.29) is 6.04 Å². The first-order valence-electron chi connectivity index (χ1n) is 7.27. The SMILES string of the molecule is CC[C@H](N)c1ccc(N(C)CC2(O)CCOCC2)cn1. The zero-order chi connectivity index (χ0) is 14.6. The van der Waals surface area contributed by atoms with E-state index >= 15 is 0 Å². The number of likely N-dealkylation sites (N-methyl/N-ethyl adjacent to an activating group) is 1. The van der Waals surface area contributed by atoms with Crippen molar-refractivity contribution in [3.63, 3.8) is 0 Å². The minimum absolute atomic E-state index is 0.00552. The van der Waals surface area contributed by atoms with Gasteiger partial charge in [0.15, 0.2) is 0 Å². The summed E-state index contributed by atoms with van der Waals surface area (Å²) in [6.45, 7) is 3.91. The summed E-state index contributed by atoms with van der Waals surface area (Å²) in [5.41, 5.74) is 7.21. The Hall–Kier alpha value is -1.17. The molecular formula is C15H25N3O2. The Balaban J connectivity index is 2.00. The molecule has 3 N–H and O–H groups in total. The highest BCUT2D eigenvalue weighted by Gasteiger charge is 2.31. The van der Waals surface area contributed by atoms with Crippen LogP contribution < -0.4 is 10.6 Å². The van der Waals surface area contributed by atoms with Gasteiger partial charge in [0.1, 0.15) is 0 Å². The van der Waals surface area contributed by atoms with Gasteiger partial charge in [-0.25, -0.2) is 0 Å². The van der Waals surface area contributed by atoms with E-state index in [9.17, 15) is 5.11 Å². The predicted molar refractivity (Wildman–Crippen MR) is 79.7 cm³/mol. The normalized spacial score (nSPS) is 19.6. The Labute approximate surface area is 120 Å². The third-order valence-electron chi connectivity index (χ3n) is 3.99. The van der Waals surface area contributed by atoms with Crippen LogP contribution in [0.2, 0.25) is 0 Å². The van der Waals surface area contributed by atoms with Crippen LogP contribution in [0.15, 0.2) is 18.3 Å². The maximum Gasteiger partial charge on any atom is 0.0865 e. The average molecular weight is 279 g/mol. The summed E-state index contributed by atoms with van der Waals surface area (Å²) in [5.74, 6) is 0. The van der Waals surface area contributed by atoms with E-state index in [0.29, 0.717) is 32.6 Å². The molecule has 1 aromatic rings. The molecule has 1 aliphatic heterocycles. The van der Waals surface area contributed by atoms with Crippen LogP contribution in [0.25, 0.3) is 0 Å². The van der Waals surface area contributed by atoms with Crippen LogP contribution in [0.1, 0.15) is 37.9 Å². The van der Waals surface area contributed by atoms with Crippen molar-refractivity contribution in [2.24, 2.45) is 5.73 Å². The number of nitrogens with two attached hydrogens (primary N) is 1. The molecule has 0 saturated carbocycles. The highest BCUT2D eigenvalue weighted by Crippen LogP contribution is 2.24. The van der Waals surface area contributed by atoms with E-state index in [4.69, 9.17) is 10.5 Å². The Kier molecular flexibility index (Phi) is 4.96. The van der Waals surface area contributed by atoms with Crippen molar-refractivity contribution in [1.29, 1.82) is 0 Å². The average Bonchev–Trinajstić information content (AvgIpc) is 2.47. The van der Waals surface area contributed by atoms with E-state index < -0.39 is 5.60 Å². The highest BCUT2D eigenvalue weighted by atomic mass is 16.5. The summed E-state index contributed by atoms with van der Waals surface area (Å²) >= 11 is 0. The van der Waals surface area contributed by atoms with Gasteiger partial charge >= 0.3 is 0 Å². The van der Waals surface area contributed by atoms with Crippen LogP contribution >= 0.6 is 0 Å². The van der Waals surface area contributed by atoms with Crippen molar-refractivity contribution >= 4 is 5.69 Å². The van der Waals surface area contributed by atoms with Crippen molar-refractivity contribution in [3.8, 4) is 0 Å². The molecule has 1 fully saturated rings. The van der Waals surface area contributed by atoms with Crippen LogP contribution in [-0.4, -0.2) is 42.5 Å². The number of hydrogen-bond acceptors (Lipinski definition) is 5. The molecule has 0 unspecified atom stereocenters. The summed E-state index contributed by atoms with van der Waals surface area (Å²) in [7, 11) is 1.98. The summed E-state index contributed by atoms with van der Waals surface area (Å²) < 4.78 is 5.30. The van der Waals surface area contributed by atoms with Gasteiger partial charge in [0, 0.05) is 45.7 Å². The van der Waals surface area contributed by atoms with Gasteiger partial charge in [-0.1, -0.05) is 6.92 Å². The molecule has 2 rings (SSSR count). The number of anilines is 1. The number of aliphatic hydroxyl groups is 1. The van der Waals surface area contributed by atoms with Gasteiger partial charge in [-0.3, -0.25) is 4.98 Å². The van der Waals surface area contributed by atoms with Crippen LogP contribution in [0.3, 0.4) is 0 Å². The number of pyridine rings is 1. The maximum absolute atomic E-state index is 10.5. The van der Waals surface area contributed by atoms with E-state index in [1.807, 2.05) is 37.2 Å². The van der Waals surface area contributed by atoms with Crippen molar-refractivity contribution < 1.29 is 9.84 Å². The van der Waals surface area contributed by atoms with Crippen molar-refractivity contribution in [3.05, 3.63) is 24.0 Å². The highest BCUT2D eigenvalue weighted by molar-refractivity contribution is 5.44. The Morgan fingerprint density at radius 2 is 2.15 bits per heavy atom. The summed E-state index contributed by atoms with van der Waals surface area (Å²) in [6.07, 6.45) is 4.07. The quantitative estimate of drug-likeness (QED) is 0.854. The zero-order valence-corrected chi connectivity index (χ0v) is 12.4. The van der Waals surface area contributed by atoms with Crippen LogP contribution in [0.5, 0.6) is 0 Å². The molecule has 1 saturated heterocycles. The third kappa shape index (κ3) is 3.69. The lowest BCUT2D eigenvalue weighted by molar-refractivity contribution is -0.0572. The lowest BCUT2D eigenvalue weighted by Crippen LogP contribution is -2.45. The second-order valence-corrected chi connectivity index (χ2v) is 5.65. The van der Waals surface area contributed by atoms with Crippen molar-refractivity contribution in [2.45, 2.75) is 37.8 Å². The Morgan fingerprint density at radius 1 is 1.45 bits per heavy atom. The number of nitrogens with zero attached hydrogens (tertiary/aromatic N) is 2. The fraction of sp³-hybridized carbons (Fsp3) is 0.667. The fourth-order valence-electron chi connectivity index (χ4n) is 2.49. The molecule has 0 amide bonds. The molecule has 112 valence electrons. The lowest BCUT2D eigenvalue weighted by Gasteiger charge is -2.36. The van der Waals surface area contributed by atoms with E-state index in [1.54, 1.807) is 0 Å². The third-order valence-corrected chi connectivity index (χ3v) is 3.99. The largest absolute Gasteiger partial charge is 0.388 e. The van der Waals surface area contributed by atoms with Crippen molar-refractivity contribution in [2.75, 3.05) is 31.7 Å². The first-order valence-corrected chi connectivity index (χ1v) is 7.27. The minimum Gasteiger partial charge on any atom is -0.388 e. The number of rotatable bonds is 5. The fourth-order valence-corrected chi connectivity index (χ4v) is 2.49. The molecule has 2 heterocycles. The second-order valence-electron chi connectivity index (χ2n) is 5.65. The monoisotopic (exact) mass is 279 g/mol. The molecule has 0 radical (unpaired) electrons. The molecule has 5 nitrogen and oxygen atoms in total. The molecule has 0 aromatic carbocycles. The van der Waals surface area contributed by atoms with Crippen LogP contribution in [-0.2, 0) is 4.74 Å². The zero-order valence-electron chi connectivity index (χ0n) is 12.4. The number of hydrogen-bond donors (Lipinski definition) is 2. The summed E-state index contributed by atoms with van der Waals surface area (Å²) in [5, 5.41) is 10.5. The summed E-state index contributed by atoms with van der Waals surface area (Å²) in [4.78, 5) is 6.45. The summed E-state index contributed by atoms with van der Waals surface area (Å²) in [6, 6.07) is 3.98. The molecular weight excluding hydrogens is 254 g/mol. The van der Waals surface area contributed by atoms with Gasteiger partial charge in [0.2, 0.25) is 0 Å². The van der Waals surface area contributed by atoms with Gasteiger partial charge < -0.3 is 20.5 Å². The van der Waals surface area contributed by atoms with E-state index in [2.05, 4.69) is 4.98 Å². The second kappa shape index (κ2) is 6.52. The molecule has 5 heteroatoms. The first-order chi connectivity index (χ1) is 9.54.